The topological polar surface area (TPSA) is 113 Å². The van der Waals surface area contributed by atoms with Gasteiger partial charge in [0, 0.05) is 30.8 Å². The summed E-state index contributed by atoms with van der Waals surface area (Å²) in [6.07, 6.45) is -0.378. The third kappa shape index (κ3) is 6.10. The van der Waals surface area contributed by atoms with Gasteiger partial charge < -0.3 is 15.8 Å². The van der Waals surface area contributed by atoms with E-state index in [0.29, 0.717) is 11.5 Å². The van der Waals surface area contributed by atoms with Crippen LogP contribution in [0, 0.1) is 0 Å². The molecule has 0 saturated carbocycles. The average molecular weight is 436 g/mol. The summed E-state index contributed by atoms with van der Waals surface area (Å²) in [6.45, 7) is 5.31. The van der Waals surface area contributed by atoms with Crippen molar-refractivity contribution in [1.82, 2.24) is 15.5 Å². The molecule has 0 bridgehead atoms. The van der Waals surface area contributed by atoms with Crippen LogP contribution in [-0.4, -0.2) is 40.9 Å². The van der Waals surface area contributed by atoms with E-state index in [4.69, 9.17) is 10.5 Å². The normalized spacial score (nSPS) is 12.1. The summed E-state index contributed by atoms with van der Waals surface area (Å²) < 4.78 is 5.36. The van der Waals surface area contributed by atoms with E-state index in [0.717, 1.165) is 16.8 Å². The largest absolute Gasteiger partial charge is 0.444 e. The Labute approximate surface area is 187 Å². The number of carbonyl (C=O) groups is 2. The number of benzene rings is 2. The highest BCUT2D eigenvalue weighted by Crippen LogP contribution is 2.22. The molecule has 0 aliphatic heterocycles. The summed E-state index contributed by atoms with van der Waals surface area (Å²) in [4.78, 5) is 27.2. The molecular formula is C24H29N5O3. The predicted molar refractivity (Wildman–Crippen MR) is 125 cm³/mol. The number of nitrogens with zero attached hydrogens (tertiary/aromatic N) is 2. The lowest BCUT2D eigenvalue weighted by Crippen LogP contribution is -2.50. The average Bonchev–Trinajstić information content (AvgIpc) is 3.23. The number of H-pyrrole nitrogens is 1. The van der Waals surface area contributed by atoms with E-state index in [1.165, 1.54) is 4.90 Å². The summed E-state index contributed by atoms with van der Waals surface area (Å²) >= 11 is 0. The van der Waals surface area contributed by atoms with Gasteiger partial charge >= 0.3 is 6.09 Å². The number of aromatic amines is 1. The predicted octanol–water partition coefficient (Wildman–Crippen LogP) is 3.76. The molecule has 2 aromatic carbocycles. The first-order chi connectivity index (χ1) is 15.1. The first-order valence-corrected chi connectivity index (χ1v) is 10.3. The molecule has 2 amide bonds. The van der Waals surface area contributed by atoms with E-state index in [-0.39, 0.29) is 12.3 Å². The molecule has 0 aliphatic carbocycles. The van der Waals surface area contributed by atoms with Crippen molar-refractivity contribution >= 4 is 23.5 Å². The lowest BCUT2D eigenvalue weighted by Gasteiger charge is -2.26. The standard InChI is InChI=1S/C24H29N5O3/c1-24(2,3)32-23(31)26-20(14-16-10-12-18(25)13-11-16)22(30)29(4)21-15-19(27-28-21)17-8-6-5-7-9-17/h5-13,15,20H,14,25H2,1-4H3,(H,26,31)(H,27,28). The Morgan fingerprint density at radius 2 is 1.78 bits per heavy atom. The van der Waals surface area contributed by atoms with Gasteiger partial charge in [0.05, 0.1) is 5.69 Å². The van der Waals surface area contributed by atoms with Crippen molar-refractivity contribution in [1.29, 1.82) is 0 Å². The van der Waals surface area contributed by atoms with Crippen molar-refractivity contribution < 1.29 is 14.3 Å². The van der Waals surface area contributed by atoms with Gasteiger partial charge in [-0.25, -0.2) is 4.79 Å². The molecule has 1 aromatic heterocycles. The van der Waals surface area contributed by atoms with E-state index in [9.17, 15) is 9.59 Å². The molecule has 1 atom stereocenters. The van der Waals surface area contributed by atoms with Gasteiger partial charge in [-0.3, -0.25) is 14.8 Å². The van der Waals surface area contributed by atoms with Crippen molar-refractivity contribution in [3.8, 4) is 11.3 Å². The molecule has 8 heteroatoms. The maximum absolute atomic E-state index is 13.3. The minimum absolute atomic E-state index is 0.280. The number of anilines is 2. The Morgan fingerprint density at radius 1 is 1.12 bits per heavy atom. The number of aromatic nitrogens is 2. The SMILES string of the molecule is CN(C(=O)C(Cc1ccc(N)cc1)NC(=O)OC(C)(C)C)c1cc(-c2ccccc2)n[nH]1. The van der Waals surface area contributed by atoms with Gasteiger partial charge in [0.2, 0.25) is 0 Å². The first-order valence-electron chi connectivity index (χ1n) is 10.3. The number of hydrogen-bond donors (Lipinski definition) is 3. The van der Waals surface area contributed by atoms with Gasteiger partial charge in [0.15, 0.2) is 0 Å². The summed E-state index contributed by atoms with van der Waals surface area (Å²) in [5, 5.41) is 9.91. The number of rotatable bonds is 6. The molecule has 0 spiro atoms. The Morgan fingerprint density at radius 3 is 2.41 bits per heavy atom. The van der Waals surface area contributed by atoms with Crippen LogP contribution in [0.2, 0.25) is 0 Å². The molecule has 0 aliphatic rings. The maximum Gasteiger partial charge on any atom is 0.408 e. The number of alkyl carbamates (subject to hydrolysis) is 1. The van der Waals surface area contributed by atoms with Crippen molar-refractivity contribution in [2.24, 2.45) is 0 Å². The molecule has 3 aromatic rings. The Hall–Kier alpha value is -3.81. The third-order valence-electron chi connectivity index (χ3n) is 4.73. The molecule has 1 heterocycles. The first kappa shape index (κ1) is 22.9. The molecule has 0 radical (unpaired) electrons. The monoisotopic (exact) mass is 435 g/mol. The highest BCUT2D eigenvalue weighted by atomic mass is 16.6. The van der Waals surface area contributed by atoms with Crippen molar-refractivity contribution in [3.05, 3.63) is 66.2 Å². The van der Waals surface area contributed by atoms with Crippen molar-refractivity contribution in [3.63, 3.8) is 0 Å². The van der Waals surface area contributed by atoms with Crippen LogP contribution in [0.5, 0.6) is 0 Å². The molecule has 0 fully saturated rings. The Kier molecular flexibility index (Phi) is 6.82. The van der Waals surface area contributed by atoms with Gasteiger partial charge in [0.1, 0.15) is 17.5 Å². The molecule has 3 rings (SSSR count). The van der Waals surface area contributed by atoms with Crippen LogP contribution in [-0.2, 0) is 16.0 Å². The number of amides is 2. The van der Waals surface area contributed by atoms with Crippen LogP contribution < -0.4 is 16.0 Å². The lowest BCUT2D eigenvalue weighted by molar-refractivity contribution is -0.120. The molecule has 32 heavy (non-hydrogen) atoms. The van der Waals surface area contributed by atoms with Gasteiger partial charge in [-0.05, 0) is 38.5 Å². The summed E-state index contributed by atoms with van der Waals surface area (Å²) in [7, 11) is 1.64. The second-order valence-electron chi connectivity index (χ2n) is 8.55. The Balaban J connectivity index is 1.80. The minimum Gasteiger partial charge on any atom is -0.444 e. The molecule has 1 unspecified atom stereocenters. The Bertz CT molecular complexity index is 1060. The van der Waals surface area contributed by atoms with E-state index < -0.39 is 17.7 Å². The van der Waals surface area contributed by atoms with Gasteiger partial charge in [0.25, 0.3) is 5.91 Å². The molecule has 8 nitrogen and oxygen atoms in total. The fourth-order valence-corrected chi connectivity index (χ4v) is 3.13. The summed E-state index contributed by atoms with van der Waals surface area (Å²) in [5.74, 6) is 0.207. The number of carbonyl (C=O) groups excluding carboxylic acids is 2. The second-order valence-corrected chi connectivity index (χ2v) is 8.55. The summed E-state index contributed by atoms with van der Waals surface area (Å²) in [5.41, 5.74) is 8.22. The highest BCUT2D eigenvalue weighted by molar-refractivity contribution is 5.98. The zero-order chi connectivity index (χ0) is 23.3. The van der Waals surface area contributed by atoms with Crippen LogP contribution in [0.25, 0.3) is 11.3 Å². The van der Waals surface area contributed by atoms with Crippen LogP contribution in [0.3, 0.4) is 0 Å². The van der Waals surface area contributed by atoms with Gasteiger partial charge in [-0.1, -0.05) is 42.5 Å². The van der Waals surface area contributed by atoms with Crippen LogP contribution in [0.1, 0.15) is 26.3 Å². The number of hydrogen-bond acceptors (Lipinski definition) is 5. The highest BCUT2D eigenvalue weighted by Gasteiger charge is 2.28. The number of nitrogens with one attached hydrogen (secondary N) is 2. The smallest absolute Gasteiger partial charge is 0.408 e. The van der Waals surface area contributed by atoms with Crippen molar-refractivity contribution in [2.75, 3.05) is 17.7 Å². The fraction of sp³-hybridized carbons (Fsp3) is 0.292. The van der Waals surface area contributed by atoms with Gasteiger partial charge in [-0.15, -0.1) is 0 Å². The fourth-order valence-electron chi connectivity index (χ4n) is 3.13. The minimum atomic E-state index is -0.845. The van der Waals surface area contributed by atoms with Crippen molar-refractivity contribution in [2.45, 2.75) is 38.8 Å². The number of ether oxygens (including phenoxy) is 1. The zero-order valence-electron chi connectivity index (χ0n) is 18.8. The van der Waals surface area contributed by atoms with E-state index >= 15 is 0 Å². The number of nitrogens with two attached hydrogens (primary N) is 1. The maximum atomic E-state index is 13.3. The van der Waals surface area contributed by atoms with E-state index in [1.54, 1.807) is 46.0 Å². The summed E-state index contributed by atoms with van der Waals surface area (Å²) in [6, 6.07) is 17.8. The number of nitrogen functional groups attached to an aromatic ring is 1. The van der Waals surface area contributed by atoms with E-state index in [2.05, 4.69) is 15.5 Å². The lowest BCUT2D eigenvalue weighted by atomic mass is 10.0. The van der Waals surface area contributed by atoms with Crippen LogP contribution in [0.15, 0.2) is 60.7 Å². The second kappa shape index (κ2) is 9.55. The quantitative estimate of drug-likeness (QED) is 0.510. The molecule has 4 N–H and O–H groups in total. The molecule has 0 saturated heterocycles. The van der Waals surface area contributed by atoms with E-state index in [1.807, 2.05) is 42.5 Å². The number of likely N-dealkylation sites (N-methyl/N-ethyl adjacent to an activating group) is 1. The van der Waals surface area contributed by atoms with Gasteiger partial charge in [-0.2, -0.15) is 5.10 Å². The molecule has 168 valence electrons. The van der Waals surface area contributed by atoms with Crippen LogP contribution in [0.4, 0.5) is 16.3 Å². The third-order valence-corrected chi connectivity index (χ3v) is 4.73. The molecular weight excluding hydrogens is 406 g/mol. The van der Waals surface area contributed by atoms with Crippen LogP contribution >= 0.6 is 0 Å². The zero-order valence-corrected chi connectivity index (χ0v) is 18.8.